The molecule has 6 nitrogen and oxygen atoms in total. The lowest BCUT2D eigenvalue weighted by molar-refractivity contribution is -0.690. The third-order valence-corrected chi connectivity index (χ3v) is 4.26. The Bertz CT molecular complexity index is 728. The van der Waals surface area contributed by atoms with E-state index in [0.29, 0.717) is 5.75 Å². The van der Waals surface area contributed by atoms with E-state index in [2.05, 4.69) is 5.32 Å². The zero-order valence-corrected chi connectivity index (χ0v) is 13.1. The number of quaternary nitrogens is 1. The van der Waals surface area contributed by atoms with Crippen molar-refractivity contribution in [3.8, 4) is 11.5 Å². The lowest BCUT2D eigenvalue weighted by Crippen LogP contribution is -2.87. The van der Waals surface area contributed by atoms with Gasteiger partial charge in [0.25, 0.3) is 5.69 Å². The molecule has 1 heterocycles. The number of nitrogens with zero attached hydrogens (tertiary/aromatic N) is 1. The van der Waals surface area contributed by atoms with E-state index in [4.69, 9.17) is 9.47 Å². The Hall–Kier alpha value is -2.60. The van der Waals surface area contributed by atoms with Crippen LogP contribution in [0.5, 0.6) is 11.5 Å². The normalized spacial score (nSPS) is 16.5. The lowest BCUT2D eigenvalue weighted by Gasteiger charge is -2.25. The van der Waals surface area contributed by atoms with Crippen molar-refractivity contribution in [3.63, 3.8) is 0 Å². The van der Waals surface area contributed by atoms with Crippen LogP contribution in [0.4, 0.5) is 5.69 Å². The summed E-state index contributed by atoms with van der Waals surface area (Å²) in [5, 5.41) is 13.1. The fourth-order valence-corrected chi connectivity index (χ4v) is 3.09. The molecule has 2 N–H and O–H groups in total. The van der Waals surface area contributed by atoms with Crippen molar-refractivity contribution in [1.29, 1.82) is 0 Å². The fraction of sp³-hybridized carbons (Fsp3) is 0.294. The number of hydrogen-bond donors (Lipinski definition) is 1. The van der Waals surface area contributed by atoms with Gasteiger partial charge in [0.1, 0.15) is 6.04 Å². The summed E-state index contributed by atoms with van der Waals surface area (Å²) in [7, 11) is 3.25. The van der Waals surface area contributed by atoms with E-state index in [9.17, 15) is 10.1 Å². The zero-order chi connectivity index (χ0) is 16.4. The first kappa shape index (κ1) is 15.3. The molecule has 23 heavy (non-hydrogen) atoms. The molecule has 0 aromatic heterocycles. The number of nitro benzene ring substituents is 1. The molecule has 3 rings (SSSR count). The maximum Gasteiger partial charge on any atom is 0.269 e. The number of methoxy groups -OCH3 is 2. The van der Waals surface area contributed by atoms with Crippen LogP contribution < -0.4 is 14.8 Å². The molecule has 0 radical (unpaired) electrons. The summed E-state index contributed by atoms with van der Waals surface area (Å²) in [4.78, 5) is 10.4. The van der Waals surface area contributed by atoms with Crippen molar-refractivity contribution in [2.45, 2.75) is 12.5 Å². The van der Waals surface area contributed by atoms with Gasteiger partial charge in [0.05, 0.1) is 25.7 Å². The number of non-ortho nitro benzene ring substituents is 1. The summed E-state index contributed by atoms with van der Waals surface area (Å²) in [6.07, 6.45) is 0.958. The number of nitrogens with two attached hydrogens (primary N) is 1. The molecule has 0 aliphatic carbocycles. The average Bonchev–Trinajstić information content (AvgIpc) is 2.60. The molecule has 0 saturated heterocycles. The summed E-state index contributed by atoms with van der Waals surface area (Å²) in [5.41, 5.74) is 3.55. The minimum absolute atomic E-state index is 0.108. The van der Waals surface area contributed by atoms with Crippen molar-refractivity contribution < 1.29 is 19.7 Å². The Labute approximate surface area is 134 Å². The van der Waals surface area contributed by atoms with E-state index >= 15 is 0 Å². The van der Waals surface area contributed by atoms with Gasteiger partial charge in [-0.05, 0) is 29.8 Å². The Morgan fingerprint density at radius 2 is 1.78 bits per heavy atom. The Morgan fingerprint density at radius 3 is 2.39 bits per heavy atom. The number of ether oxygens (including phenoxy) is 2. The van der Waals surface area contributed by atoms with Gasteiger partial charge in [0.2, 0.25) is 0 Å². The molecule has 1 aliphatic rings. The molecule has 6 heteroatoms. The van der Waals surface area contributed by atoms with E-state index < -0.39 is 0 Å². The van der Waals surface area contributed by atoms with Crippen LogP contribution >= 0.6 is 0 Å². The van der Waals surface area contributed by atoms with Crippen molar-refractivity contribution in [2.24, 2.45) is 0 Å². The second kappa shape index (κ2) is 6.26. The number of rotatable bonds is 4. The van der Waals surface area contributed by atoms with Gasteiger partial charge < -0.3 is 14.8 Å². The van der Waals surface area contributed by atoms with Crippen LogP contribution in [0.1, 0.15) is 22.7 Å². The first-order chi connectivity index (χ1) is 11.1. The molecule has 0 amide bonds. The van der Waals surface area contributed by atoms with E-state index in [-0.39, 0.29) is 16.7 Å². The second-order valence-corrected chi connectivity index (χ2v) is 5.51. The quantitative estimate of drug-likeness (QED) is 0.689. The molecule has 1 atom stereocenters. The predicted molar refractivity (Wildman–Crippen MR) is 85.0 cm³/mol. The smallest absolute Gasteiger partial charge is 0.269 e. The van der Waals surface area contributed by atoms with Crippen molar-refractivity contribution in [3.05, 3.63) is 63.2 Å². The molecule has 0 saturated carbocycles. The van der Waals surface area contributed by atoms with Crippen molar-refractivity contribution in [2.75, 3.05) is 20.8 Å². The summed E-state index contributed by atoms with van der Waals surface area (Å²) < 4.78 is 10.8. The standard InChI is InChI=1S/C17H18N2O4/c1-22-15-9-12-7-8-18-17(14(12)10-16(15)23-2)11-3-5-13(6-4-11)19(20)21/h3-6,9-10,17-18H,7-8H2,1-2H3/p+1/t17-/m0/s1. The highest BCUT2D eigenvalue weighted by Gasteiger charge is 2.27. The number of benzene rings is 2. The summed E-state index contributed by atoms with van der Waals surface area (Å²) >= 11 is 0. The second-order valence-electron chi connectivity index (χ2n) is 5.51. The highest BCUT2D eigenvalue weighted by molar-refractivity contribution is 5.50. The minimum atomic E-state index is -0.379. The van der Waals surface area contributed by atoms with Gasteiger partial charge in [-0.1, -0.05) is 0 Å². The number of nitro groups is 1. The van der Waals surface area contributed by atoms with Crippen LogP contribution in [0, 0.1) is 10.1 Å². The van der Waals surface area contributed by atoms with E-state index in [0.717, 1.165) is 24.3 Å². The molecule has 2 aromatic carbocycles. The van der Waals surface area contributed by atoms with Crippen LogP contribution in [0.25, 0.3) is 0 Å². The third-order valence-electron chi connectivity index (χ3n) is 4.26. The van der Waals surface area contributed by atoms with Gasteiger partial charge >= 0.3 is 0 Å². The van der Waals surface area contributed by atoms with Gasteiger partial charge in [-0.25, -0.2) is 0 Å². The molecular weight excluding hydrogens is 296 g/mol. The molecule has 120 valence electrons. The number of fused-ring (bicyclic) bond motifs is 1. The Kier molecular flexibility index (Phi) is 4.16. The van der Waals surface area contributed by atoms with Gasteiger partial charge in [-0.15, -0.1) is 0 Å². The average molecular weight is 315 g/mol. The molecular formula is C17H19N2O4+. The molecule has 2 aromatic rings. The number of hydrogen-bond acceptors (Lipinski definition) is 4. The first-order valence-corrected chi connectivity index (χ1v) is 7.46. The highest BCUT2D eigenvalue weighted by Crippen LogP contribution is 2.35. The molecule has 0 fully saturated rings. The van der Waals surface area contributed by atoms with Crippen molar-refractivity contribution >= 4 is 5.69 Å². The van der Waals surface area contributed by atoms with Crippen LogP contribution in [-0.4, -0.2) is 25.7 Å². The van der Waals surface area contributed by atoms with Crippen LogP contribution in [-0.2, 0) is 6.42 Å². The largest absolute Gasteiger partial charge is 0.493 e. The first-order valence-electron chi connectivity index (χ1n) is 7.46. The predicted octanol–water partition coefficient (Wildman–Crippen LogP) is 1.82. The SMILES string of the molecule is COc1cc2c(cc1OC)[C@H](c1ccc([N+](=O)[O-])cc1)[NH2+]CC2. The molecule has 0 bridgehead atoms. The highest BCUT2D eigenvalue weighted by atomic mass is 16.6. The molecule has 0 unspecified atom stereocenters. The fourth-order valence-electron chi connectivity index (χ4n) is 3.09. The maximum absolute atomic E-state index is 10.8. The van der Waals surface area contributed by atoms with Crippen LogP contribution in [0.15, 0.2) is 36.4 Å². The van der Waals surface area contributed by atoms with Crippen LogP contribution in [0.3, 0.4) is 0 Å². The minimum Gasteiger partial charge on any atom is -0.493 e. The Morgan fingerprint density at radius 1 is 1.13 bits per heavy atom. The summed E-state index contributed by atoms with van der Waals surface area (Å²) in [6, 6.07) is 10.9. The van der Waals surface area contributed by atoms with Gasteiger partial charge in [-0.2, -0.15) is 0 Å². The van der Waals surface area contributed by atoms with Crippen LogP contribution in [0.2, 0.25) is 0 Å². The van der Waals surface area contributed by atoms with Gasteiger partial charge in [0.15, 0.2) is 11.5 Å². The maximum atomic E-state index is 10.8. The monoisotopic (exact) mass is 315 g/mol. The summed E-state index contributed by atoms with van der Waals surface area (Å²) in [5.74, 6) is 1.43. The molecule has 1 aliphatic heterocycles. The van der Waals surface area contributed by atoms with E-state index in [1.165, 1.54) is 11.1 Å². The van der Waals surface area contributed by atoms with Gasteiger partial charge in [0, 0.05) is 29.7 Å². The molecule has 0 spiro atoms. The Balaban J connectivity index is 2.02. The third kappa shape index (κ3) is 2.85. The zero-order valence-electron chi connectivity index (χ0n) is 13.1. The van der Waals surface area contributed by atoms with Crippen molar-refractivity contribution in [1.82, 2.24) is 0 Å². The van der Waals surface area contributed by atoms with E-state index in [1.54, 1.807) is 26.4 Å². The topological polar surface area (TPSA) is 78.2 Å². The van der Waals surface area contributed by atoms with E-state index in [1.807, 2.05) is 24.3 Å². The summed E-state index contributed by atoms with van der Waals surface area (Å²) in [6.45, 7) is 0.962. The van der Waals surface area contributed by atoms with Gasteiger partial charge in [-0.3, -0.25) is 10.1 Å². The lowest BCUT2D eigenvalue weighted by atomic mass is 9.89.